The molecule has 146 valence electrons. The molecule has 0 radical (unpaired) electrons. The molecule has 1 N–H and O–H groups in total. The second-order valence-corrected chi connectivity index (χ2v) is 7.84. The van der Waals surface area contributed by atoms with Gasteiger partial charge in [0, 0.05) is 13.6 Å². The first-order valence-corrected chi connectivity index (χ1v) is 9.79. The number of thioether (sulfide) groups is 1. The number of allylic oxidation sites excluding steroid dienone is 1. The molecule has 3 rings (SSSR count). The number of anilines is 1. The number of hydrogen-bond donors (Lipinski definition) is 1. The van der Waals surface area contributed by atoms with E-state index in [-0.39, 0.29) is 11.5 Å². The van der Waals surface area contributed by atoms with E-state index < -0.39 is 5.25 Å². The lowest BCUT2D eigenvalue weighted by atomic mass is 10.2. The lowest BCUT2D eigenvalue weighted by molar-refractivity contribution is -0.115. The van der Waals surface area contributed by atoms with Gasteiger partial charge >= 0.3 is 0 Å². The van der Waals surface area contributed by atoms with E-state index in [4.69, 9.17) is 0 Å². The zero-order valence-corrected chi connectivity index (χ0v) is 17.2. The number of para-hydroxylation sites is 1. The van der Waals surface area contributed by atoms with Crippen LogP contribution in [0.25, 0.3) is 10.9 Å². The van der Waals surface area contributed by atoms with Crippen molar-refractivity contribution in [1.29, 1.82) is 0 Å². The van der Waals surface area contributed by atoms with E-state index in [2.05, 4.69) is 22.0 Å². The summed E-state index contributed by atoms with van der Waals surface area (Å²) >= 11 is 1.25. The van der Waals surface area contributed by atoms with E-state index in [0.717, 1.165) is 17.1 Å². The van der Waals surface area contributed by atoms with E-state index in [0.29, 0.717) is 22.6 Å². The number of carbonyl (C=O) groups excluding carboxylic acids is 1. The molecule has 0 spiro atoms. The van der Waals surface area contributed by atoms with Crippen molar-refractivity contribution >= 4 is 34.3 Å². The molecule has 1 aromatic carbocycles. The van der Waals surface area contributed by atoms with Gasteiger partial charge in [0.05, 0.1) is 33.2 Å². The predicted octanol–water partition coefficient (Wildman–Crippen LogP) is 3.05. The molecule has 0 bridgehead atoms. The van der Waals surface area contributed by atoms with E-state index in [1.165, 1.54) is 11.8 Å². The van der Waals surface area contributed by atoms with Crippen LogP contribution in [0.5, 0.6) is 0 Å². The third kappa shape index (κ3) is 3.73. The maximum atomic E-state index is 12.8. The highest BCUT2D eigenvalue weighted by molar-refractivity contribution is 8.00. The normalized spacial score (nSPS) is 12.1. The van der Waals surface area contributed by atoms with Gasteiger partial charge < -0.3 is 5.32 Å². The zero-order chi connectivity index (χ0) is 20.4. The molecular weight excluding hydrogens is 374 g/mol. The van der Waals surface area contributed by atoms with Crippen molar-refractivity contribution < 1.29 is 4.79 Å². The molecule has 0 aliphatic carbocycles. The molecule has 2 aromatic heterocycles. The number of hydrogen-bond acceptors (Lipinski definition) is 5. The molecule has 0 aliphatic rings. The van der Waals surface area contributed by atoms with Crippen LogP contribution in [-0.2, 0) is 18.4 Å². The van der Waals surface area contributed by atoms with E-state index in [1.807, 2.05) is 33.0 Å². The highest BCUT2D eigenvalue weighted by atomic mass is 32.2. The molecule has 1 unspecified atom stereocenters. The van der Waals surface area contributed by atoms with Crippen LogP contribution < -0.4 is 10.9 Å². The SMILES string of the molecule is C=CCn1c(SC(C)C(=O)Nc2c(C)nn(C)c2C)nc2ccccc2c1=O. The van der Waals surface area contributed by atoms with Gasteiger partial charge in [0.25, 0.3) is 5.56 Å². The Balaban J connectivity index is 1.90. The minimum Gasteiger partial charge on any atom is -0.322 e. The third-order valence-corrected chi connectivity index (χ3v) is 5.64. The summed E-state index contributed by atoms with van der Waals surface area (Å²) in [5.41, 5.74) is 2.84. The molecule has 0 saturated heterocycles. The van der Waals surface area contributed by atoms with Gasteiger partial charge in [-0.15, -0.1) is 6.58 Å². The molecule has 1 amide bonds. The van der Waals surface area contributed by atoms with Crippen molar-refractivity contribution in [3.63, 3.8) is 0 Å². The second kappa shape index (κ2) is 8.02. The Labute approximate surface area is 167 Å². The minimum atomic E-state index is -0.455. The fourth-order valence-electron chi connectivity index (χ4n) is 2.92. The molecule has 28 heavy (non-hydrogen) atoms. The van der Waals surface area contributed by atoms with Gasteiger partial charge in [-0.2, -0.15) is 5.10 Å². The largest absolute Gasteiger partial charge is 0.322 e. The van der Waals surface area contributed by atoms with Crippen molar-refractivity contribution in [2.24, 2.45) is 7.05 Å². The number of nitrogens with zero attached hydrogens (tertiary/aromatic N) is 4. The number of amides is 1. The molecule has 0 aliphatic heterocycles. The molecule has 2 heterocycles. The second-order valence-electron chi connectivity index (χ2n) is 6.53. The first-order valence-electron chi connectivity index (χ1n) is 8.91. The Morgan fingerprint density at radius 1 is 1.36 bits per heavy atom. The molecule has 8 heteroatoms. The standard InChI is InChI=1S/C20H23N5O2S/c1-6-11-25-19(27)15-9-7-8-10-16(15)21-20(25)28-14(4)18(26)22-17-12(2)23-24(5)13(17)3/h6-10,14H,1,11H2,2-5H3,(H,22,26). The number of aromatic nitrogens is 4. The smallest absolute Gasteiger partial charge is 0.262 e. The van der Waals surface area contributed by atoms with Crippen molar-refractivity contribution in [2.75, 3.05) is 5.32 Å². The summed E-state index contributed by atoms with van der Waals surface area (Å²) in [5.74, 6) is -0.170. The van der Waals surface area contributed by atoms with Gasteiger partial charge in [0.15, 0.2) is 5.16 Å². The predicted molar refractivity (Wildman–Crippen MR) is 113 cm³/mol. The number of aryl methyl sites for hydroxylation is 2. The first kappa shape index (κ1) is 19.9. The molecule has 3 aromatic rings. The van der Waals surface area contributed by atoms with Crippen molar-refractivity contribution in [3.05, 3.63) is 58.7 Å². The quantitative estimate of drug-likeness (QED) is 0.393. The third-order valence-electron chi connectivity index (χ3n) is 4.55. The van der Waals surface area contributed by atoms with Crippen LogP contribution in [0.1, 0.15) is 18.3 Å². The van der Waals surface area contributed by atoms with Gasteiger partial charge in [0.2, 0.25) is 5.91 Å². The molecular formula is C20H23N5O2S. The Bertz CT molecular complexity index is 1120. The van der Waals surface area contributed by atoms with Gasteiger partial charge in [-0.1, -0.05) is 30.0 Å². The summed E-state index contributed by atoms with van der Waals surface area (Å²) < 4.78 is 3.28. The summed E-state index contributed by atoms with van der Waals surface area (Å²) in [7, 11) is 1.84. The van der Waals surface area contributed by atoms with Crippen molar-refractivity contribution in [1.82, 2.24) is 19.3 Å². The number of benzene rings is 1. The highest BCUT2D eigenvalue weighted by Crippen LogP contribution is 2.25. The molecule has 1 atom stereocenters. The van der Waals surface area contributed by atoms with E-state index in [9.17, 15) is 9.59 Å². The summed E-state index contributed by atoms with van der Waals surface area (Å²) in [6.07, 6.45) is 1.65. The van der Waals surface area contributed by atoms with Crippen molar-refractivity contribution in [2.45, 2.75) is 37.7 Å². The van der Waals surface area contributed by atoms with Gasteiger partial charge in [-0.25, -0.2) is 4.98 Å². The van der Waals surface area contributed by atoms with Crippen LogP contribution in [0.4, 0.5) is 5.69 Å². The van der Waals surface area contributed by atoms with Crippen LogP contribution in [0.15, 0.2) is 46.9 Å². The summed E-state index contributed by atoms with van der Waals surface area (Å²) in [5, 5.41) is 7.85. The summed E-state index contributed by atoms with van der Waals surface area (Å²) in [6.45, 7) is 9.60. The molecule has 0 fully saturated rings. The lowest BCUT2D eigenvalue weighted by Crippen LogP contribution is -2.27. The lowest BCUT2D eigenvalue weighted by Gasteiger charge is -2.15. The van der Waals surface area contributed by atoms with Crippen molar-refractivity contribution in [3.8, 4) is 0 Å². The zero-order valence-electron chi connectivity index (χ0n) is 16.4. The van der Waals surface area contributed by atoms with Gasteiger partial charge in [-0.3, -0.25) is 18.8 Å². The van der Waals surface area contributed by atoms with Crippen LogP contribution >= 0.6 is 11.8 Å². The van der Waals surface area contributed by atoms with Gasteiger partial charge in [0.1, 0.15) is 0 Å². The monoisotopic (exact) mass is 397 g/mol. The number of carbonyl (C=O) groups is 1. The Hall–Kier alpha value is -2.87. The maximum absolute atomic E-state index is 12.8. The van der Waals surface area contributed by atoms with Gasteiger partial charge in [-0.05, 0) is 32.9 Å². The minimum absolute atomic E-state index is 0.139. The first-order chi connectivity index (χ1) is 13.3. The van der Waals surface area contributed by atoms with Crippen LogP contribution in [0, 0.1) is 13.8 Å². The molecule has 7 nitrogen and oxygen atoms in total. The highest BCUT2D eigenvalue weighted by Gasteiger charge is 2.21. The van der Waals surface area contributed by atoms with Crippen LogP contribution in [0.2, 0.25) is 0 Å². The number of nitrogens with one attached hydrogen (secondary N) is 1. The average molecular weight is 398 g/mol. The van der Waals surface area contributed by atoms with E-state index in [1.54, 1.807) is 34.4 Å². The topological polar surface area (TPSA) is 81.8 Å². The maximum Gasteiger partial charge on any atom is 0.262 e. The van der Waals surface area contributed by atoms with Crippen LogP contribution in [0.3, 0.4) is 0 Å². The molecule has 0 saturated carbocycles. The summed E-state index contributed by atoms with van der Waals surface area (Å²) in [4.78, 5) is 30.2. The summed E-state index contributed by atoms with van der Waals surface area (Å²) in [6, 6.07) is 7.20. The number of fused-ring (bicyclic) bond motifs is 1. The van der Waals surface area contributed by atoms with E-state index >= 15 is 0 Å². The fourth-order valence-corrected chi connectivity index (χ4v) is 3.84. The number of rotatable bonds is 6. The Morgan fingerprint density at radius 2 is 2.07 bits per heavy atom. The fraction of sp³-hybridized carbons (Fsp3) is 0.300. The Morgan fingerprint density at radius 3 is 2.71 bits per heavy atom. The Kier molecular flexibility index (Phi) is 5.69. The van der Waals surface area contributed by atoms with Crippen LogP contribution in [-0.4, -0.2) is 30.5 Å². The average Bonchev–Trinajstić information content (AvgIpc) is 2.91.